The lowest BCUT2D eigenvalue weighted by Crippen LogP contribution is -2.15. The minimum absolute atomic E-state index is 0.108. The second-order valence-electron chi connectivity index (χ2n) is 8.72. The van der Waals surface area contributed by atoms with E-state index in [-0.39, 0.29) is 6.10 Å². The van der Waals surface area contributed by atoms with Crippen LogP contribution in [0.3, 0.4) is 0 Å². The van der Waals surface area contributed by atoms with E-state index in [1.54, 1.807) is 0 Å². The van der Waals surface area contributed by atoms with Crippen molar-refractivity contribution in [3.8, 4) is 0 Å². The molecule has 0 aromatic heterocycles. The zero-order valence-corrected chi connectivity index (χ0v) is 20.7. The molecule has 0 spiro atoms. The van der Waals surface area contributed by atoms with E-state index in [2.05, 4.69) is 26.1 Å². The monoisotopic (exact) mass is 429 g/mol. The number of hydrogen-bond donors (Lipinski definition) is 3. The number of nitrogens with one attached hydrogen (secondary N) is 1. The maximum atomic E-state index is 10.3. The van der Waals surface area contributed by atoms with Crippen LogP contribution >= 0.6 is 0 Å². The number of carboxylic acid groups (broad SMARTS) is 1. The minimum Gasteiger partial charge on any atom is -0.481 e. The first-order valence-corrected chi connectivity index (χ1v) is 13.2. The first-order valence-electron chi connectivity index (χ1n) is 13.2. The predicted molar refractivity (Wildman–Crippen MR) is 131 cm³/mol. The van der Waals surface area contributed by atoms with E-state index >= 15 is 0 Å². The summed E-state index contributed by atoms with van der Waals surface area (Å²) in [7, 11) is 0. The number of aliphatic carboxylic acids is 1. The highest BCUT2D eigenvalue weighted by Gasteiger charge is 2.03. The van der Waals surface area contributed by atoms with Crippen molar-refractivity contribution in [3.05, 3.63) is 0 Å². The second-order valence-corrected chi connectivity index (χ2v) is 8.72. The summed E-state index contributed by atoms with van der Waals surface area (Å²) in [6.45, 7) is 9.09. The van der Waals surface area contributed by atoms with Gasteiger partial charge in [-0.3, -0.25) is 4.79 Å². The van der Waals surface area contributed by atoms with E-state index in [1.165, 1.54) is 90.1 Å². The van der Waals surface area contributed by atoms with Crippen LogP contribution in [0.5, 0.6) is 0 Å². The average Bonchev–Trinajstić information content (AvgIpc) is 2.72. The molecule has 0 aliphatic heterocycles. The Morgan fingerprint density at radius 2 is 1.03 bits per heavy atom. The Morgan fingerprint density at radius 1 is 0.633 bits per heavy atom. The fourth-order valence-electron chi connectivity index (χ4n) is 3.40. The van der Waals surface area contributed by atoms with Crippen molar-refractivity contribution in [2.45, 2.75) is 149 Å². The molecule has 30 heavy (non-hydrogen) atoms. The van der Waals surface area contributed by atoms with E-state index < -0.39 is 5.97 Å². The van der Waals surface area contributed by atoms with E-state index in [0.717, 1.165) is 38.5 Å². The minimum atomic E-state index is -0.687. The molecule has 0 aliphatic carbocycles. The Kier molecular flexibility index (Phi) is 29.9. The van der Waals surface area contributed by atoms with Crippen molar-refractivity contribution in [1.29, 1.82) is 0 Å². The molecule has 1 atom stereocenters. The molecule has 0 heterocycles. The summed E-state index contributed by atoms with van der Waals surface area (Å²) in [6, 6.07) is 0. The van der Waals surface area contributed by atoms with Gasteiger partial charge in [-0.1, -0.05) is 104 Å². The van der Waals surface area contributed by atoms with Crippen molar-refractivity contribution in [1.82, 2.24) is 5.32 Å². The molecule has 0 amide bonds. The lowest BCUT2D eigenvalue weighted by atomic mass is 10.0. The Hall–Kier alpha value is -0.610. The third-order valence-corrected chi connectivity index (χ3v) is 5.48. The van der Waals surface area contributed by atoms with Gasteiger partial charge in [0.25, 0.3) is 0 Å². The van der Waals surface area contributed by atoms with Crippen LogP contribution in [0.15, 0.2) is 0 Å². The summed E-state index contributed by atoms with van der Waals surface area (Å²) in [4.78, 5) is 10.3. The topological polar surface area (TPSA) is 69.6 Å². The van der Waals surface area contributed by atoms with Gasteiger partial charge in [0.05, 0.1) is 6.10 Å². The first kappa shape index (κ1) is 31.6. The van der Waals surface area contributed by atoms with Crippen LogP contribution in [0, 0.1) is 0 Å². The largest absolute Gasteiger partial charge is 0.481 e. The summed E-state index contributed by atoms with van der Waals surface area (Å²) in [5, 5.41) is 21.8. The Morgan fingerprint density at radius 3 is 1.47 bits per heavy atom. The van der Waals surface area contributed by atoms with Crippen LogP contribution in [0.1, 0.15) is 143 Å². The summed E-state index contributed by atoms with van der Waals surface area (Å²) in [5.74, 6) is -0.687. The molecule has 0 saturated carbocycles. The molecule has 0 aromatic carbocycles. The first-order chi connectivity index (χ1) is 14.6. The van der Waals surface area contributed by atoms with Crippen LogP contribution in [0.4, 0.5) is 0 Å². The molecule has 0 rings (SSSR count). The van der Waals surface area contributed by atoms with Gasteiger partial charge in [-0.15, -0.1) is 0 Å². The van der Waals surface area contributed by atoms with Gasteiger partial charge < -0.3 is 15.5 Å². The summed E-state index contributed by atoms with van der Waals surface area (Å²) >= 11 is 0. The van der Waals surface area contributed by atoms with Crippen molar-refractivity contribution < 1.29 is 15.0 Å². The molecule has 0 aromatic rings. The van der Waals surface area contributed by atoms with Crippen molar-refractivity contribution in [2.75, 3.05) is 13.1 Å². The van der Waals surface area contributed by atoms with E-state index in [0.29, 0.717) is 6.42 Å². The van der Waals surface area contributed by atoms with Crippen LogP contribution in [0.2, 0.25) is 0 Å². The van der Waals surface area contributed by atoms with E-state index in [1.807, 2.05) is 0 Å². The molecule has 0 aliphatic rings. The van der Waals surface area contributed by atoms with E-state index in [9.17, 15) is 9.90 Å². The number of carboxylic acids is 1. The zero-order valence-electron chi connectivity index (χ0n) is 20.7. The number of rotatable bonds is 22. The highest BCUT2D eigenvalue weighted by atomic mass is 16.4. The molecule has 4 heteroatoms. The van der Waals surface area contributed by atoms with Gasteiger partial charge in [0.2, 0.25) is 0 Å². The average molecular weight is 430 g/mol. The van der Waals surface area contributed by atoms with E-state index in [4.69, 9.17) is 5.11 Å². The van der Waals surface area contributed by atoms with Gasteiger partial charge in [-0.05, 0) is 45.2 Å². The summed E-state index contributed by atoms with van der Waals surface area (Å²) in [6.07, 6.45) is 21.5. The normalized spacial score (nSPS) is 11.7. The zero-order chi connectivity index (χ0) is 22.7. The molecule has 0 bridgehead atoms. The molecular weight excluding hydrogens is 374 g/mol. The smallest absolute Gasteiger partial charge is 0.303 e. The van der Waals surface area contributed by atoms with Gasteiger partial charge in [0.1, 0.15) is 0 Å². The third-order valence-electron chi connectivity index (χ3n) is 5.48. The van der Waals surface area contributed by atoms with Gasteiger partial charge in [-0.25, -0.2) is 0 Å². The van der Waals surface area contributed by atoms with Gasteiger partial charge >= 0.3 is 5.97 Å². The van der Waals surface area contributed by atoms with Crippen molar-refractivity contribution in [3.63, 3.8) is 0 Å². The fraction of sp³-hybridized carbons (Fsp3) is 0.962. The van der Waals surface area contributed by atoms with Crippen LogP contribution in [-0.4, -0.2) is 35.4 Å². The highest BCUT2D eigenvalue weighted by molar-refractivity contribution is 5.66. The van der Waals surface area contributed by atoms with Crippen LogP contribution in [-0.2, 0) is 4.79 Å². The Bertz CT molecular complexity index is 317. The summed E-state index contributed by atoms with van der Waals surface area (Å²) in [5.41, 5.74) is 0. The van der Waals surface area contributed by atoms with Crippen molar-refractivity contribution >= 4 is 5.97 Å². The molecule has 3 N–H and O–H groups in total. The Balaban J connectivity index is 0. The molecule has 1 unspecified atom stereocenters. The van der Waals surface area contributed by atoms with Crippen LogP contribution < -0.4 is 5.32 Å². The van der Waals surface area contributed by atoms with Gasteiger partial charge in [-0.2, -0.15) is 0 Å². The number of aliphatic hydroxyl groups excluding tert-OH is 1. The molecule has 0 saturated heterocycles. The standard InChI is InChI=1S/C18H36O3.C8H19N/c1-2-3-4-5-8-11-14-17(19)15-12-9-6-7-10-13-16-18(20)21;1-3-5-7-9-8-6-4-2/h17,19H,2-16H2,1H3,(H,20,21);9H,3-8H2,1-2H3. The predicted octanol–water partition coefficient (Wildman–Crippen LogP) is 7.48. The maximum Gasteiger partial charge on any atom is 0.303 e. The lowest BCUT2D eigenvalue weighted by molar-refractivity contribution is -0.137. The number of aliphatic hydroxyl groups is 1. The van der Waals surface area contributed by atoms with Gasteiger partial charge in [0.15, 0.2) is 0 Å². The molecule has 0 radical (unpaired) electrons. The molecular formula is C26H55NO3. The highest BCUT2D eigenvalue weighted by Crippen LogP contribution is 2.14. The summed E-state index contributed by atoms with van der Waals surface area (Å²) < 4.78 is 0. The third kappa shape index (κ3) is 32.1. The number of unbranched alkanes of at least 4 members (excludes halogenated alkanes) is 12. The van der Waals surface area contributed by atoms with Gasteiger partial charge in [0, 0.05) is 6.42 Å². The number of hydrogen-bond acceptors (Lipinski definition) is 3. The fourth-order valence-corrected chi connectivity index (χ4v) is 3.40. The molecule has 182 valence electrons. The lowest BCUT2D eigenvalue weighted by Gasteiger charge is -2.10. The Labute approximate surface area is 188 Å². The quantitative estimate of drug-likeness (QED) is 0.156. The van der Waals surface area contributed by atoms with Crippen molar-refractivity contribution in [2.24, 2.45) is 0 Å². The second kappa shape index (κ2) is 28.4. The SMILES string of the molecule is CCCCCCCCC(O)CCCCCCCCC(=O)O.CCCCNCCCC. The van der Waals surface area contributed by atoms with Crippen LogP contribution in [0.25, 0.3) is 0 Å². The molecule has 0 fully saturated rings. The molecule has 4 nitrogen and oxygen atoms in total. The number of carbonyl (C=O) groups is 1. The maximum absolute atomic E-state index is 10.3.